The molecule has 1 N–H and O–H groups in total. The summed E-state index contributed by atoms with van der Waals surface area (Å²) in [4.78, 5) is 29.0. The van der Waals surface area contributed by atoms with Crippen molar-refractivity contribution in [2.75, 3.05) is 17.4 Å². The lowest BCUT2D eigenvalue weighted by Gasteiger charge is -2.34. The molecule has 0 spiro atoms. The number of rotatable bonds is 13. The van der Waals surface area contributed by atoms with Crippen LogP contribution in [0, 0.1) is 5.92 Å². The second kappa shape index (κ2) is 14.7. The van der Waals surface area contributed by atoms with Crippen molar-refractivity contribution in [3.8, 4) is 0 Å². The van der Waals surface area contributed by atoms with Crippen molar-refractivity contribution < 1.29 is 18.0 Å². The minimum atomic E-state index is -4.13. The van der Waals surface area contributed by atoms with Gasteiger partial charge in [-0.05, 0) is 60.2 Å². The highest BCUT2D eigenvalue weighted by Gasteiger charge is 2.34. The van der Waals surface area contributed by atoms with Gasteiger partial charge < -0.3 is 10.2 Å². The van der Waals surface area contributed by atoms with Crippen LogP contribution >= 0.6 is 23.2 Å². The number of hydrogen-bond donors (Lipinski definition) is 1. The first kappa shape index (κ1) is 32.4. The molecule has 0 radical (unpaired) electrons. The highest BCUT2D eigenvalue weighted by atomic mass is 35.5. The Morgan fingerprint density at radius 2 is 1.56 bits per heavy atom. The summed E-state index contributed by atoms with van der Waals surface area (Å²) in [6, 6.07) is 19.2. The standard InChI is InChI=1S/C31H37Cl2N3O4S/c1-5-23-12-10-11-15-29(23)36(41(39,40)26-13-8-7-9-14-26)21-30(37)35(20-24-16-17-25(32)18-27(24)33)28(6-2)31(38)34-19-22(3)4/h7-18,22,28H,5-6,19-21H2,1-4H3,(H,34,38)/t28-/m0/s1. The molecule has 0 heterocycles. The zero-order valence-corrected chi connectivity index (χ0v) is 26.1. The van der Waals surface area contributed by atoms with Crippen LogP contribution in [0.15, 0.2) is 77.7 Å². The summed E-state index contributed by atoms with van der Waals surface area (Å²) in [5.74, 6) is -0.637. The van der Waals surface area contributed by atoms with Crippen molar-refractivity contribution in [2.24, 2.45) is 5.92 Å². The fourth-order valence-electron chi connectivity index (χ4n) is 4.46. The van der Waals surface area contributed by atoms with E-state index in [4.69, 9.17) is 23.2 Å². The van der Waals surface area contributed by atoms with Gasteiger partial charge in [0.15, 0.2) is 0 Å². The first-order chi connectivity index (χ1) is 19.5. The summed E-state index contributed by atoms with van der Waals surface area (Å²) in [7, 11) is -4.13. The molecular formula is C31H37Cl2N3O4S. The van der Waals surface area contributed by atoms with Crippen LogP contribution in [0.2, 0.25) is 10.0 Å². The average molecular weight is 619 g/mol. The van der Waals surface area contributed by atoms with Crippen molar-refractivity contribution in [2.45, 2.75) is 58.0 Å². The summed E-state index contributed by atoms with van der Waals surface area (Å²) < 4.78 is 29.1. The molecule has 7 nitrogen and oxygen atoms in total. The number of carbonyl (C=O) groups excluding carboxylic acids is 2. The lowest BCUT2D eigenvalue weighted by molar-refractivity contribution is -0.140. The molecule has 0 unspecified atom stereocenters. The summed E-state index contributed by atoms with van der Waals surface area (Å²) in [6.45, 7) is 7.63. The van der Waals surface area contributed by atoms with Gasteiger partial charge in [0.25, 0.3) is 10.0 Å². The topological polar surface area (TPSA) is 86.8 Å². The first-order valence-corrected chi connectivity index (χ1v) is 15.9. The van der Waals surface area contributed by atoms with E-state index in [1.807, 2.05) is 39.8 Å². The molecule has 0 saturated carbocycles. The molecule has 3 aromatic rings. The molecule has 0 aliphatic heterocycles. The lowest BCUT2D eigenvalue weighted by Crippen LogP contribution is -2.52. The lowest BCUT2D eigenvalue weighted by atomic mass is 10.1. The number of hydrogen-bond acceptors (Lipinski definition) is 4. The van der Waals surface area contributed by atoms with Crippen LogP contribution in [0.4, 0.5) is 5.69 Å². The Balaban J connectivity index is 2.09. The van der Waals surface area contributed by atoms with Gasteiger partial charge in [0.05, 0.1) is 10.6 Å². The van der Waals surface area contributed by atoms with Gasteiger partial charge in [-0.15, -0.1) is 0 Å². The number of sulfonamides is 1. The molecule has 0 aliphatic rings. The van der Waals surface area contributed by atoms with E-state index in [0.717, 1.165) is 9.87 Å². The number of anilines is 1. The van der Waals surface area contributed by atoms with Crippen LogP contribution in [0.1, 0.15) is 45.2 Å². The van der Waals surface area contributed by atoms with E-state index in [1.165, 1.54) is 17.0 Å². The maximum atomic E-state index is 14.2. The van der Waals surface area contributed by atoms with Crippen molar-refractivity contribution in [3.63, 3.8) is 0 Å². The Kier molecular flexibility index (Phi) is 11.6. The zero-order valence-electron chi connectivity index (χ0n) is 23.8. The van der Waals surface area contributed by atoms with Crippen LogP contribution in [0.5, 0.6) is 0 Å². The largest absolute Gasteiger partial charge is 0.354 e. The summed E-state index contributed by atoms with van der Waals surface area (Å²) >= 11 is 12.6. The number of nitrogens with one attached hydrogen (secondary N) is 1. The second-order valence-corrected chi connectivity index (χ2v) is 12.8. The van der Waals surface area contributed by atoms with Crippen LogP contribution in [0.3, 0.4) is 0 Å². The molecule has 0 aliphatic carbocycles. The second-order valence-electron chi connectivity index (χ2n) is 10.1. The molecule has 0 bridgehead atoms. The minimum Gasteiger partial charge on any atom is -0.354 e. The molecule has 0 aromatic heterocycles. The molecule has 10 heteroatoms. The van der Waals surface area contributed by atoms with E-state index in [9.17, 15) is 18.0 Å². The first-order valence-electron chi connectivity index (χ1n) is 13.7. The Hall–Kier alpha value is -3.07. The van der Waals surface area contributed by atoms with Crippen molar-refractivity contribution >= 4 is 50.7 Å². The predicted octanol–water partition coefficient (Wildman–Crippen LogP) is 6.33. The van der Waals surface area contributed by atoms with E-state index in [1.54, 1.807) is 48.5 Å². The number of amides is 2. The Bertz CT molecular complexity index is 1450. The minimum absolute atomic E-state index is 0.00289. The van der Waals surface area contributed by atoms with E-state index >= 15 is 0 Å². The normalized spacial score (nSPS) is 12.2. The average Bonchev–Trinajstić information content (AvgIpc) is 2.96. The van der Waals surface area contributed by atoms with Gasteiger partial charge in [-0.1, -0.05) is 93.4 Å². The number of aryl methyl sites for hydroxylation is 1. The van der Waals surface area contributed by atoms with Crippen molar-refractivity contribution in [1.29, 1.82) is 0 Å². The van der Waals surface area contributed by atoms with Crippen LogP contribution < -0.4 is 9.62 Å². The van der Waals surface area contributed by atoms with Crippen molar-refractivity contribution in [3.05, 3.63) is 94.0 Å². The van der Waals surface area contributed by atoms with Gasteiger partial charge in [0, 0.05) is 23.1 Å². The smallest absolute Gasteiger partial charge is 0.264 e. The number of carbonyl (C=O) groups is 2. The Morgan fingerprint density at radius 1 is 0.902 bits per heavy atom. The Labute approximate surface area is 253 Å². The third-order valence-electron chi connectivity index (χ3n) is 6.68. The molecule has 2 amide bonds. The summed E-state index contributed by atoms with van der Waals surface area (Å²) in [5.41, 5.74) is 1.77. The van der Waals surface area contributed by atoms with E-state index in [2.05, 4.69) is 5.32 Å². The molecule has 3 aromatic carbocycles. The molecule has 0 fully saturated rings. The van der Waals surface area contributed by atoms with Gasteiger partial charge in [0.2, 0.25) is 11.8 Å². The predicted molar refractivity (Wildman–Crippen MR) is 166 cm³/mol. The SMILES string of the molecule is CCc1ccccc1N(CC(=O)N(Cc1ccc(Cl)cc1Cl)[C@@H](CC)C(=O)NCC(C)C)S(=O)(=O)c1ccccc1. The number of benzene rings is 3. The van der Waals surface area contributed by atoms with E-state index in [0.29, 0.717) is 40.7 Å². The fraction of sp³-hybridized carbons (Fsp3) is 0.355. The third kappa shape index (κ3) is 8.24. The number of halogens is 2. The maximum Gasteiger partial charge on any atom is 0.264 e. The molecular weight excluding hydrogens is 581 g/mol. The highest BCUT2D eigenvalue weighted by Crippen LogP contribution is 2.29. The molecule has 1 atom stereocenters. The molecule has 0 saturated heterocycles. The molecule has 3 rings (SSSR count). The zero-order chi connectivity index (χ0) is 30.2. The molecule has 220 valence electrons. The van der Waals surface area contributed by atoms with Crippen molar-refractivity contribution in [1.82, 2.24) is 10.2 Å². The van der Waals surface area contributed by atoms with Crippen LogP contribution in [-0.2, 0) is 32.6 Å². The summed E-state index contributed by atoms with van der Waals surface area (Å²) in [6.07, 6.45) is 0.877. The summed E-state index contributed by atoms with van der Waals surface area (Å²) in [5, 5.41) is 3.70. The number of para-hydroxylation sites is 1. The fourth-order valence-corrected chi connectivity index (χ4v) is 6.40. The number of nitrogens with zero attached hydrogens (tertiary/aromatic N) is 2. The maximum absolute atomic E-state index is 14.2. The van der Waals surface area contributed by atoms with Gasteiger partial charge in [-0.25, -0.2) is 8.42 Å². The quantitative estimate of drug-likeness (QED) is 0.243. The van der Waals surface area contributed by atoms with Gasteiger partial charge >= 0.3 is 0 Å². The Morgan fingerprint density at radius 3 is 2.17 bits per heavy atom. The monoisotopic (exact) mass is 617 g/mol. The van der Waals surface area contributed by atoms with E-state index in [-0.39, 0.29) is 23.3 Å². The van der Waals surface area contributed by atoms with Gasteiger partial charge in [-0.3, -0.25) is 13.9 Å². The molecule has 41 heavy (non-hydrogen) atoms. The van der Waals surface area contributed by atoms with Crippen LogP contribution in [-0.4, -0.2) is 44.3 Å². The van der Waals surface area contributed by atoms with Crippen LogP contribution in [0.25, 0.3) is 0 Å². The van der Waals surface area contributed by atoms with E-state index < -0.39 is 28.5 Å². The third-order valence-corrected chi connectivity index (χ3v) is 9.04. The van der Waals surface area contributed by atoms with Gasteiger partial charge in [0.1, 0.15) is 12.6 Å². The highest BCUT2D eigenvalue weighted by molar-refractivity contribution is 7.92. The van der Waals surface area contributed by atoms with Gasteiger partial charge in [-0.2, -0.15) is 0 Å².